The molecule has 2 aromatic rings. The van der Waals surface area contributed by atoms with Crippen LogP contribution in [0.5, 0.6) is 0 Å². The highest BCUT2D eigenvalue weighted by Crippen LogP contribution is 2.21. The third kappa shape index (κ3) is 2.82. The highest BCUT2D eigenvalue weighted by molar-refractivity contribution is 5.51. The second-order valence-electron chi connectivity index (χ2n) is 3.94. The molecule has 17 heavy (non-hydrogen) atoms. The van der Waals surface area contributed by atoms with Gasteiger partial charge in [0.1, 0.15) is 0 Å². The molecule has 0 aliphatic rings. The van der Waals surface area contributed by atoms with Crippen molar-refractivity contribution in [2.45, 2.75) is 19.6 Å². The van der Waals surface area contributed by atoms with Crippen LogP contribution >= 0.6 is 0 Å². The number of benzene rings is 1. The zero-order valence-corrected chi connectivity index (χ0v) is 9.80. The van der Waals surface area contributed by atoms with Gasteiger partial charge in [-0.05, 0) is 25.1 Å². The van der Waals surface area contributed by atoms with Crippen molar-refractivity contribution in [2.24, 2.45) is 0 Å². The monoisotopic (exact) mass is 228 g/mol. The van der Waals surface area contributed by atoms with Gasteiger partial charge in [-0.15, -0.1) is 0 Å². The number of para-hydroxylation sites is 1. The number of nitrogens with zero attached hydrogens (tertiary/aromatic N) is 1. The van der Waals surface area contributed by atoms with Crippen LogP contribution in [0, 0.1) is 0 Å². The Bertz CT molecular complexity index is 471. The number of aliphatic hydroxyl groups is 1. The number of hydrogen-bond acceptors (Lipinski definition) is 3. The van der Waals surface area contributed by atoms with Crippen LogP contribution in [0.3, 0.4) is 0 Å². The lowest BCUT2D eigenvalue weighted by molar-refractivity contribution is 0.282. The number of aromatic nitrogens is 1. The van der Waals surface area contributed by atoms with Crippen LogP contribution in [0.2, 0.25) is 0 Å². The molecule has 1 aromatic heterocycles. The van der Waals surface area contributed by atoms with Gasteiger partial charge in [0, 0.05) is 17.4 Å². The first-order valence-electron chi connectivity index (χ1n) is 5.67. The van der Waals surface area contributed by atoms with E-state index in [0.29, 0.717) is 0 Å². The lowest BCUT2D eigenvalue weighted by Crippen LogP contribution is -2.09. The van der Waals surface area contributed by atoms with Gasteiger partial charge in [0.2, 0.25) is 0 Å². The average molecular weight is 228 g/mol. The predicted molar refractivity (Wildman–Crippen MR) is 68.6 cm³/mol. The largest absolute Gasteiger partial charge is 0.392 e. The number of anilines is 1. The molecule has 3 nitrogen and oxygen atoms in total. The molecule has 0 bridgehead atoms. The van der Waals surface area contributed by atoms with Crippen LogP contribution in [0.25, 0.3) is 0 Å². The van der Waals surface area contributed by atoms with Crippen molar-refractivity contribution in [3.05, 3.63) is 59.9 Å². The lowest BCUT2D eigenvalue weighted by Gasteiger charge is -2.16. The molecule has 0 amide bonds. The minimum Gasteiger partial charge on any atom is -0.392 e. The zero-order chi connectivity index (χ0) is 12.1. The van der Waals surface area contributed by atoms with Gasteiger partial charge in [-0.3, -0.25) is 4.98 Å². The fraction of sp³-hybridized carbons (Fsp3) is 0.214. The summed E-state index contributed by atoms with van der Waals surface area (Å²) in [6, 6.07) is 13.7. The smallest absolute Gasteiger partial charge is 0.0701 e. The molecular weight excluding hydrogens is 212 g/mol. The number of rotatable bonds is 4. The molecule has 1 aromatic carbocycles. The maximum Gasteiger partial charge on any atom is 0.0701 e. The first-order chi connectivity index (χ1) is 8.31. The van der Waals surface area contributed by atoms with Crippen LogP contribution in [0.15, 0.2) is 48.7 Å². The third-order valence-electron chi connectivity index (χ3n) is 2.69. The second kappa shape index (κ2) is 5.46. The van der Waals surface area contributed by atoms with E-state index in [-0.39, 0.29) is 12.6 Å². The summed E-state index contributed by atoms with van der Waals surface area (Å²) in [4.78, 5) is 4.31. The van der Waals surface area contributed by atoms with Gasteiger partial charge < -0.3 is 10.4 Å². The highest BCUT2D eigenvalue weighted by atomic mass is 16.3. The van der Waals surface area contributed by atoms with Crippen LogP contribution in [0.1, 0.15) is 24.2 Å². The van der Waals surface area contributed by atoms with Crippen LogP contribution in [0.4, 0.5) is 5.69 Å². The van der Waals surface area contributed by atoms with E-state index in [9.17, 15) is 5.11 Å². The van der Waals surface area contributed by atoms with E-state index < -0.39 is 0 Å². The maximum absolute atomic E-state index is 9.25. The highest BCUT2D eigenvalue weighted by Gasteiger charge is 2.07. The summed E-state index contributed by atoms with van der Waals surface area (Å²) in [5, 5.41) is 12.6. The summed E-state index contributed by atoms with van der Waals surface area (Å²) in [7, 11) is 0. The fourth-order valence-electron chi connectivity index (χ4n) is 1.74. The molecule has 0 aliphatic carbocycles. The summed E-state index contributed by atoms with van der Waals surface area (Å²) in [5.74, 6) is 0. The number of pyridine rings is 1. The normalized spacial score (nSPS) is 12.1. The summed E-state index contributed by atoms with van der Waals surface area (Å²) in [6.07, 6.45) is 1.78. The Hall–Kier alpha value is -1.87. The minimum absolute atomic E-state index is 0.0398. The quantitative estimate of drug-likeness (QED) is 0.845. The van der Waals surface area contributed by atoms with Crippen LogP contribution < -0.4 is 5.32 Å². The van der Waals surface area contributed by atoms with E-state index in [2.05, 4.69) is 17.2 Å². The molecule has 2 rings (SSSR count). The van der Waals surface area contributed by atoms with Crippen molar-refractivity contribution in [1.82, 2.24) is 4.98 Å². The third-order valence-corrected chi connectivity index (χ3v) is 2.69. The van der Waals surface area contributed by atoms with Crippen molar-refractivity contribution in [3.8, 4) is 0 Å². The van der Waals surface area contributed by atoms with Gasteiger partial charge in [-0.1, -0.05) is 24.3 Å². The molecule has 0 saturated heterocycles. The standard InChI is InChI=1S/C14H16N2O/c1-11(13-7-4-5-9-15-13)16-14-8-3-2-6-12(14)10-17/h2-9,11,16-17H,10H2,1H3. The number of aliphatic hydroxyl groups excluding tert-OH is 1. The Kier molecular flexibility index (Phi) is 3.73. The molecule has 0 radical (unpaired) electrons. The molecule has 0 aliphatic heterocycles. The maximum atomic E-state index is 9.25. The van der Waals surface area contributed by atoms with Crippen LogP contribution in [-0.4, -0.2) is 10.1 Å². The van der Waals surface area contributed by atoms with Crippen molar-refractivity contribution in [3.63, 3.8) is 0 Å². The Labute approximate surface area is 101 Å². The number of hydrogen-bond donors (Lipinski definition) is 2. The average Bonchev–Trinajstić information content (AvgIpc) is 2.40. The van der Waals surface area contributed by atoms with Crippen molar-refractivity contribution in [1.29, 1.82) is 0 Å². The molecule has 3 heteroatoms. The van der Waals surface area contributed by atoms with E-state index in [4.69, 9.17) is 0 Å². The molecule has 1 heterocycles. The molecule has 1 atom stereocenters. The van der Waals surface area contributed by atoms with Crippen molar-refractivity contribution < 1.29 is 5.11 Å². The Morgan fingerprint density at radius 3 is 2.65 bits per heavy atom. The Balaban J connectivity index is 2.16. The molecule has 1 unspecified atom stereocenters. The molecule has 88 valence electrons. The topological polar surface area (TPSA) is 45.1 Å². The van der Waals surface area contributed by atoms with Gasteiger partial charge in [-0.2, -0.15) is 0 Å². The number of nitrogens with one attached hydrogen (secondary N) is 1. The summed E-state index contributed by atoms with van der Waals surface area (Å²) < 4.78 is 0. The van der Waals surface area contributed by atoms with E-state index in [1.807, 2.05) is 42.5 Å². The van der Waals surface area contributed by atoms with Gasteiger partial charge in [-0.25, -0.2) is 0 Å². The molecule has 0 spiro atoms. The molecule has 0 fully saturated rings. The Morgan fingerprint density at radius 1 is 1.18 bits per heavy atom. The summed E-state index contributed by atoms with van der Waals surface area (Å²) in [6.45, 7) is 2.09. The van der Waals surface area contributed by atoms with E-state index in [0.717, 1.165) is 16.9 Å². The van der Waals surface area contributed by atoms with Crippen molar-refractivity contribution in [2.75, 3.05) is 5.32 Å². The van der Waals surface area contributed by atoms with Crippen LogP contribution in [-0.2, 0) is 6.61 Å². The SMILES string of the molecule is CC(Nc1ccccc1CO)c1ccccn1. The lowest BCUT2D eigenvalue weighted by atomic mass is 10.1. The van der Waals surface area contributed by atoms with Gasteiger partial charge in [0.25, 0.3) is 0 Å². The molecule has 0 saturated carbocycles. The van der Waals surface area contributed by atoms with E-state index >= 15 is 0 Å². The fourth-order valence-corrected chi connectivity index (χ4v) is 1.74. The van der Waals surface area contributed by atoms with Crippen molar-refractivity contribution >= 4 is 5.69 Å². The second-order valence-corrected chi connectivity index (χ2v) is 3.94. The zero-order valence-electron chi connectivity index (χ0n) is 9.80. The van der Waals surface area contributed by atoms with Gasteiger partial charge >= 0.3 is 0 Å². The molecular formula is C14H16N2O. The summed E-state index contributed by atoms with van der Waals surface area (Å²) >= 11 is 0. The van der Waals surface area contributed by atoms with Gasteiger partial charge in [0.15, 0.2) is 0 Å². The molecule has 2 N–H and O–H groups in total. The van der Waals surface area contributed by atoms with E-state index in [1.54, 1.807) is 6.20 Å². The first-order valence-corrected chi connectivity index (χ1v) is 5.67. The Morgan fingerprint density at radius 2 is 1.94 bits per heavy atom. The predicted octanol–water partition coefficient (Wildman–Crippen LogP) is 2.75. The minimum atomic E-state index is 0.0398. The van der Waals surface area contributed by atoms with Gasteiger partial charge in [0.05, 0.1) is 18.3 Å². The van der Waals surface area contributed by atoms with E-state index in [1.165, 1.54) is 0 Å². The first kappa shape index (κ1) is 11.6. The summed E-state index contributed by atoms with van der Waals surface area (Å²) in [5.41, 5.74) is 2.84.